The van der Waals surface area contributed by atoms with Crippen LogP contribution >= 0.6 is 0 Å². The molecule has 1 aromatic carbocycles. The average Bonchev–Trinajstić information content (AvgIpc) is 2.35. The molecule has 96 valence electrons. The van der Waals surface area contributed by atoms with Gasteiger partial charge in [-0.3, -0.25) is 9.59 Å². The molecule has 0 amide bonds. The van der Waals surface area contributed by atoms with E-state index in [2.05, 4.69) is 0 Å². The lowest BCUT2D eigenvalue weighted by Crippen LogP contribution is -2.55. The van der Waals surface area contributed by atoms with E-state index in [4.69, 9.17) is 15.9 Å². The minimum atomic E-state index is -2.21. The largest absolute Gasteiger partial charge is 0.481 e. The number of rotatable bonds is 6. The topological polar surface area (TPSA) is 118 Å². The zero-order chi connectivity index (χ0) is 13.8. The molecule has 0 aliphatic rings. The minimum Gasteiger partial charge on any atom is -0.481 e. The van der Waals surface area contributed by atoms with Crippen molar-refractivity contribution in [1.82, 2.24) is 0 Å². The number of nitrogens with two attached hydrogens (primary N) is 1. The van der Waals surface area contributed by atoms with Gasteiger partial charge in [0.05, 0.1) is 0 Å². The minimum absolute atomic E-state index is 0.146. The Bertz CT molecular complexity index is 471. The first-order valence-electron chi connectivity index (χ1n) is 5.22. The summed E-state index contributed by atoms with van der Waals surface area (Å²) in [6, 6.07) is 7.70. The Labute approximate surface area is 103 Å². The van der Waals surface area contributed by atoms with Crippen LogP contribution in [0.4, 0.5) is 0 Å². The third kappa shape index (κ3) is 2.92. The molecule has 18 heavy (non-hydrogen) atoms. The lowest BCUT2D eigenvalue weighted by molar-refractivity contribution is -0.142. The van der Waals surface area contributed by atoms with Crippen molar-refractivity contribution in [2.75, 3.05) is 0 Å². The van der Waals surface area contributed by atoms with Crippen LogP contribution < -0.4 is 5.73 Å². The normalized spacial score (nSPS) is 13.6. The molecule has 1 atom stereocenters. The van der Waals surface area contributed by atoms with Gasteiger partial charge in [0.1, 0.15) is 0 Å². The van der Waals surface area contributed by atoms with E-state index in [-0.39, 0.29) is 5.56 Å². The van der Waals surface area contributed by atoms with Gasteiger partial charge in [0.2, 0.25) is 0 Å². The summed E-state index contributed by atoms with van der Waals surface area (Å²) >= 11 is 0. The summed E-state index contributed by atoms with van der Waals surface area (Å²) in [4.78, 5) is 33.6. The summed E-state index contributed by atoms with van der Waals surface area (Å²) in [7, 11) is 0. The van der Waals surface area contributed by atoms with Crippen LogP contribution in [0.1, 0.15) is 23.2 Å². The Morgan fingerprint density at radius 1 is 1.11 bits per heavy atom. The van der Waals surface area contributed by atoms with Gasteiger partial charge in [0.15, 0.2) is 11.3 Å². The second-order valence-electron chi connectivity index (χ2n) is 3.87. The van der Waals surface area contributed by atoms with E-state index in [9.17, 15) is 14.4 Å². The fourth-order valence-corrected chi connectivity index (χ4v) is 1.47. The number of aliphatic carboxylic acids is 2. The summed E-state index contributed by atoms with van der Waals surface area (Å²) in [5, 5.41) is 17.6. The molecule has 0 aliphatic carbocycles. The van der Waals surface area contributed by atoms with Gasteiger partial charge in [-0.15, -0.1) is 0 Å². The highest BCUT2D eigenvalue weighted by Gasteiger charge is 2.42. The van der Waals surface area contributed by atoms with Crippen LogP contribution in [0.3, 0.4) is 0 Å². The van der Waals surface area contributed by atoms with E-state index in [1.807, 2.05) is 0 Å². The van der Waals surface area contributed by atoms with Crippen LogP contribution in [0.5, 0.6) is 0 Å². The van der Waals surface area contributed by atoms with Gasteiger partial charge in [-0.1, -0.05) is 30.3 Å². The molecule has 6 nitrogen and oxygen atoms in total. The molecule has 0 fully saturated rings. The fraction of sp³-hybridized carbons (Fsp3) is 0.250. The Morgan fingerprint density at radius 3 is 2.11 bits per heavy atom. The standard InChI is InChI=1S/C12H13NO5/c13-12(11(17)18,7-6-9(14)15)10(16)8-4-2-1-3-5-8/h1-5H,6-7,13H2,(H,14,15)(H,17,18). The van der Waals surface area contributed by atoms with Crippen LogP contribution in [0.15, 0.2) is 30.3 Å². The predicted octanol–water partition coefficient (Wildman–Crippen LogP) is 0.516. The van der Waals surface area contributed by atoms with Crippen molar-refractivity contribution < 1.29 is 24.6 Å². The van der Waals surface area contributed by atoms with Crippen molar-refractivity contribution in [2.24, 2.45) is 5.73 Å². The third-order valence-corrected chi connectivity index (χ3v) is 2.56. The van der Waals surface area contributed by atoms with Crippen molar-refractivity contribution >= 4 is 17.7 Å². The summed E-state index contributed by atoms with van der Waals surface area (Å²) < 4.78 is 0. The maximum atomic E-state index is 12.0. The predicted molar refractivity (Wildman–Crippen MR) is 62.2 cm³/mol. The van der Waals surface area contributed by atoms with Crippen molar-refractivity contribution in [1.29, 1.82) is 0 Å². The third-order valence-electron chi connectivity index (χ3n) is 2.56. The first kappa shape index (κ1) is 13.9. The second-order valence-corrected chi connectivity index (χ2v) is 3.87. The molecule has 1 aromatic rings. The summed E-state index contributed by atoms with van der Waals surface area (Å²) in [6.07, 6.45) is -0.938. The Kier molecular flexibility index (Phi) is 4.17. The molecule has 0 spiro atoms. The van der Waals surface area contributed by atoms with Gasteiger partial charge < -0.3 is 15.9 Å². The summed E-state index contributed by atoms with van der Waals surface area (Å²) in [5.41, 5.74) is 3.49. The number of carboxylic acid groups (broad SMARTS) is 2. The lowest BCUT2D eigenvalue weighted by Gasteiger charge is -2.22. The molecule has 0 aliphatic heterocycles. The zero-order valence-corrected chi connectivity index (χ0v) is 9.50. The monoisotopic (exact) mass is 251 g/mol. The summed E-state index contributed by atoms with van der Waals surface area (Å²) in [5.74, 6) is -3.53. The molecule has 0 bridgehead atoms. The molecular formula is C12H13NO5. The quantitative estimate of drug-likeness (QED) is 0.501. The van der Waals surface area contributed by atoms with Gasteiger partial charge in [0.25, 0.3) is 0 Å². The van der Waals surface area contributed by atoms with Crippen LogP contribution in [-0.2, 0) is 9.59 Å². The van der Waals surface area contributed by atoms with Crippen molar-refractivity contribution in [3.8, 4) is 0 Å². The zero-order valence-electron chi connectivity index (χ0n) is 9.50. The molecule has 4 N–H and O–H groups in total. The molecule has 0 radical (unpaired) electrons. The Morgan fingerprint density at radius 2 is 1.67 bits per heavy atom. The molecule has 0 saturated carbocycles. The SMILES string of the molecule is NC(CCC(=O)O)(C(=O)O)C(=O)c1ccccc1. The number of carbonyl (C=O) groups excluding carboxylic acids is 1. The van der Waals surface area contributed by atoms with E-state index in [0.29, 0.717) is 0 Å². The number of carboxylic acids is 2. The summed E-state index contributed by atoms with van der Waals surface area (Å²) in [6.45, 7) is 0. The highest BCUT2D eigenvalue weighted by Crippen LogP contribution is 2.17. The number of carbonyl (C=O) groups is 3. The van der Waals surface area contributed by atoms with Crippen LogP contribution in [-0.4, -0.2) is 33.5 Å². The smallest absolute Gasteiger partial charge is 0.331 e. The van der Waals surface area contributed by atoms with Gasteiger partial charge in [-0.05, 0) is 6.42 Å². The van der Waals surface area contributed by atoms with Gasteiger partial charge in [-0.25, -0.2) is 4.79 Å². The number of hydrogen-bond acceptors (Lipinski definition) is 4. The molecule has 1 unspecified atom stereocenters. The van der Waals surface area contributed by atoms with Crippen molar-refractivity contribution in [3.05, 3.63) is 35.9 Å². The Balaban J connectivity index is 3.01. The van der Waals surface area contributed by atoms with Crippen molar-refractivity contribution in [2.45, 2.75) is 18.4 Å². The molecular weight excluding hydrogens is 238 g/mol. The Hall–Kier alpha value is -2.21. The molecule has 0 saturated heterocycles. The van der Waals surface area contributed by atoms with Gasteiger partial charge >= 0.3 is 11.9 Å². The average molecular weight is 251 g/mol. The van der Waals surface area contributed by atoms with Crippen molar-refractivity contribution in [3.63, 3.8) is 0 Å². The molecule has 6 heteroatoms. The lowest BCUT2D eigenvalue weighted by atomic mass is 9.86. The number of benzene rings is 1. The highest BCUT2D eigenvalue weighted by molar-refractivity contribution is 6.15. The number of hydrogen-bond donors (Lipinski definition) is 3. The number of Topliss-reactive ketones (excluding diaryl/α,β-unsaturated/α-hetero) is 1. The van der Waals surface area contributed by atoms with E-state index < -0.39 is 36.1 Å². The van der Waals surface area contributed by atoms with E-state index in [1.165, 1.54) is 12.1 Å². The molecule has 1 rings (SSSR count). The van der Waals surface area contributed by atoms with E-state index in [0.717, 1.165) is 0 Å². The highest BCUT2D eigenvalue weighted by atomic mass is 16.4. The van der Waals surface area contributed by atoms with Gasteiger partial charge in [-0.2, -0.15) is 0 Å². The van der Waals surface area contributed by atoms with Crippen LogP contribution in [0.2, 0.25) is 0 Å². The maximum Gasteiger partial charge on any atom is 0.331 e. The van der Waals surface area contributed by atoms with Crippen LogP contribution in [0, 0.1) is 0 Å². The molecule has 0 aromatic heterocycles. The van der Waals surface area contributed by atoms with Gasteiger partial charge in [0, 0.05) is 12.0 Å². The maximum absolute atomic E-state index is 12.0. The van der Waals surface area contributed by atoms with E-state index in [1.54, 1.807) is 18.2 Å². The van der Waals surface area contributed by atoms with E-state index >= 15 is 0 Å². The second kappa shape index (κ2) is 5.42. The molecule has 0 heterocycles. The first-order valence-corrected chi connectivity index (χ1v) is 5.22. The van der Waals surface area contributed by atoms with Crippen LogP contribution in [0.25, 0.3) is 0 Å². The first-order chi connectivity index (χ1) is 8.38. The fourth-order valence-electron chi connectivity index (χ4n) is 1.47. The number of ketones is 1.